The van der Waals surface area contributed by atoms with E-state index < -0.39 is 0 Å². The molecule has 0 bridgehead atoms. The van der Waals surface area contributed by atoms with E-state index in [0.29, 0.717) is 0 Å². The van der Waals surface area contributed by atoms with Crippen molar-refractivity contribution in [3.63, 3.8) is 0 Å². The molecule has 1 aromatic carbocycles. The van der Waals surface area contributed by atoms with Gasteiger partial charge in [-0.1, -0.05) is 12.1 Å². The summed E-state index contributed by atoms with van der Waals surface area (Å²) in [6.07, 6.45) is 0.995. The van der Waals surface area contributed by atoms with Crippen LogP contribution in [0.15, 0.2) is 24.3 Å². The zero-order chi connectivity index (χ0) is 12.7. The van der Waals surface area contributed by atoms with Gasteiger partial charge in [0.15, 0.2) is 0 Å². The second kappa shape index (κ2) is 6.91. The quantitative estimate of drug-likeness (QED) is 0.430. The zero-order valence-corrected chi connectivity index (χ0v) is 10.6. The van der Waals surface area contributed by atoms with Gasteiger partial charge in [0.1, 0.15) is 5.84 Å². The van der Waals surface area contributed by atoms with Gasteiger partial charge in [0.25, 0.3) is 0 Å². The maximum absolute atomic E-state index is 7.41. The fraction of sp³-hybridized carbons (Fsp3) is 0.462. The van der Waals surface area contributed by atoms with Crippen LogP contribution < -0.4 is 10.6 Å². The third-order valence-electron chi connectivity index (χ3n) is 2.58. The first kappa shape index (κ1) is 13.5. The number of anilines is 1. The van der Waals surface area contributed by atoms with Crippen molar-refractivity contribution in [1.29, 1.82) is 5.41 Å². The van der Waals surface area contributed by atoms with Crippen molar-refractivity contribution in [2.45, 2.75) is 13.3 Å². The lowest BCUT2D eigenvalue weighted by Gasteiger charge is -2.19. The normalized spacial score (nSPS) is 10.2. The lowest BCUT2D eigenvalue weighted by molar-refractivity contribution is 0.146. The summed E-state index contributed by atoms with van der Waals surface area (Å²) in [5.74, 6) is 0.106. The zero-order valence-electron chi connectivity index (χ0n) is 10.6. The summed E-state index contributed by atoms with van der Waals surface area (Å²) < 4.78 is 5.30. The Morgan fingerprint density at radius 3 is 2.88 bits per heavy atom. The van der Waals surface area contributed by atoms with Crippen molar-refractivity contribution in [2.24, 2.45) is 5.73 Å². The van der Waals surface area contributed by atoms with Gasteiger partial charge in [0.2, 0.25) is 0 Å². The molecular weight excluding hydrogens is 214 g/mol. The topological polar surface area (TPSA) is 62.3 Å². The van der Waals surface area contributed by atoms with Crippen molar-refractivity contribution in [2.75, 3.05) is 31.7 Å². The second-order valence-corrected chi connectivity index (χ2v) is 3.94. The molecule has 0 unspecified atom stereocenters. The van der Waals surface area contributed by atoms with Gasteiger partial charge in [-0.3, -0.25) is 5.41 Å². The number of nitrogen functional groups attached to an aromatic ring is 1. The number of nitrogens with one attached hydrogen (secondary N) is 1. The Morgan fingerprint density at radius 2 is 2.24 bits per heavy atom. The lowest BCUT2D eigenvalue weighted by atomic mass is 10.1. The average Bonchev–Trinajstić information content (AvgIpc) is 2.34. The summed E-state index contributed by atoms with van der Waals surface area (Å²) in [5, 5.41) is 7.41. The molecule has 0 heterocycles. The maximum Gasteiger partial charge on any atom is 0.122 e. The summed E-state index contributed by atoms with van der Waals surface area (Å²) in [5.41, 5.74) is 7.31. The molecule has 0 amide bonds. The first-order valence-corrected chi connectivity index (χ1v) is 5.88. The highest BCUT2D eigenvalue weighted by Gasteiger charge is 2.03. The molecule has 0 aliphatic carbocycles. The lowest BCUT2D eigenvalue weighted by Crippen LogP contribution is -2.20. The Labute approximate surface area is 103 Å². The van der Waals surface area contributed by atoms with Crippen LogP contribution in [0.4, 0.5) is 5.69 Å². The molecule has 0 aliphatic rings. The molecule has 1 rings (SSSR count). The Balaban J connectivity index is 2.53. The van der Waals surface area contributed by atoms with E-state index in [1.807, 2.05) is 38.2 Å². The van der Waals surface area contributed by atoms with E-state index in [-0.39, 0.29) is 5.84 Å². The standard InChI is InChI=1S/C13H21N3O/c1-3-17-9-5-8-16(2)12-7-4-6-11(10-12)13(14)15/h4,6-7,10H,3,5,8-9H2,1-2H3,(H3,14,15). The molecule has 4 nitrogen and oxygen atoms in total. The SMILES string of the molecule is CCOCCCN(C)c1cccc(C(=N)N)c1. The van der Waals surface area contributed by atoms with Crippen LogP contribution in [0.1, 0.15) is 18.9 Å². The van der Waals surface area contributed by atoms with Crippen LogP contribution in [0.25, 0.3) is 0 Å². The van der Waals surface area contributed by atoms with Crippen LogP contribution in [0.2, 0.25) is 0 Å². The molecule has 0 aliphatic heterocycles. The van der Waals surface area contributed by atoms with Gasteiger partial charge in [-0.15, -0.1) is 0 Å². The highest BCUT2D eigenvalue weighted by molar-refractivity contribution is 5.95. The largest absolute Gasteiger partial charge is 0.384 e. The molecule has 0 spiro atoms. The predicted octanol–water partition coefficient (Wildman–Crippen LogP) is 1.83. The van der Waals surface area contributed by atoms with Crippen molar-refractivity contribution in [3.05, 3.63) is 29.8 Å². The molecule has 94 valence electrons. The number of ether oxygens (including phenoxy) is 1. The van der Waals surface area contributed by atoms with Crippen LogP contribution in [0.3, 0.4) is 0 Å². The van der Waals surface area contributed by atoms with Gasteiger partial charge in [-0.25, -0.2) is 0 Å². The molecule has 0 aromatic heterocycles. The summed E-state index contributed by atoms with van der Waals surface area (Å²) in [6.45, 7) is 4.48. The summed E-state index contributed by atoms with van der Waals surface area (Å²) in [6, 6.07) is 7.72. The van der Waals surface area contributed by atoms with Gasteiger partial charge < -0.3 is 15.4 Å². The van der Waals surface area contributed by atoms with E-state index in [9.17, 15) is 0 Å². The third kappa shape index (κ3) is 4.44. The number of benzene rings is 1. The Morgan fingerprint density at radius 1 is 1.47 bits per heavy atom. The van der Waals surface area contributed by atoms with Crippen molar-refractivity contribution in [3.8, 4) is 0 Å². The van der Waals surface area contributed by atoms with E-state index in [2.05, 4.69) is 4.90 Å². The van der Waals surface area contributed by atoms with E-state index >= 15 is 0 Å². The highest BCUT2D eigenvalue weighted by atomic mass is 16.5. The summed E-state index contributed by atoms with van der Waals surface area (Å²) >= 11 is 0. The van der Waals surface area contributed by atoms with E-state index in [0.717, 1.165) is 37.4 Å². The smallest absolute Gasteiger partial charge is 0.122 e. The molecule has 17 heavy (non-hydrogen) atoms. The van der Waals surface area contributed by atoms with Crippen LogP contribution in [0.5, 0.6) is 0 Å². The molecule has 4 heteroatoms. The van der Waals surface area contributed by atoms with Gasteiger partial charge in [-0.2, -0.15) is 0 Å². The molecular formula is C13H21N3O. The number of hydrogen-bond acceptors (Lipinski definition) is 3. The minimum absolute atomic E-state index is 0.106. The number of rotatable bonds is 7. The summed E-state index contributed by atoms with van der Waals surface area (Å²) in [7, 11) is 2.03. The van der Waals surface area contributed by atoms with Gasteiger partial charge in [0, 0.05) is 38.1 Å². The first-order chi connectivity index (χ1) is 8.15. The number of amidine groups is 1. The van der Waals surface area contributed by atoms with Crippen LogP contribution >= 0.6 is 0 Å². The van der Waals surface area contributed by atoms with Gasteiger partial charge in [0.05, 0.1) is 0 Å². The van der Waals surface area contributed by atoms with Crippen LogP contribution in [-0.2, 0) is 4.74 Å². The summed E-state index contributed by atoms with van der Waals surface area (Å²) in [4.78, 5) is 2.14. The highest BCUT2D eigenvalue weighted by Crippen LogP contribution is 2.14. The molecule has 3 N–H and O–H groups in total. The van der Waals surface area contributed by atoms with Gasteiger partial charge in [-0.05, 0) is 25.5 Å². The average molecular weight is 235 g/mol. The fourth-order valence-electron chi connectivity index (χ4n) is 1.59. The van der Waals surface area contributed by atoms with Gasteiger partial charge >= 0.3 is 0 Å². The molecule has 0 saturated carbocycles. The minimum atomic E-state index is 0.106. The van der Waals surface area contributed by atoms with E-state index in [1.54, 1.807) is 0 Å². The maximum atomic E-state index is 7.41. The number of hydrogen-bond donors (Lipinski definition) is 2. The van der Waals surface area contributed by atoms with Crippen molar-refractivity contribution >= 4 is 11.5 Å². The first-order valence-electron chi connectivity index (χ1n) is 5.88. The Kier molecular flexibility index (Phi) is 5.49. The Hall–Kier alpha value is -1.55. The van der Waals surface area contributed by atoms with Crippen LogP contribution in [0, 0.1) is 5.41 Å². The molecule has 0 saturated heterocycles. The Bertz CT molecular complexity index is 365. The van der Waals surface area contributed by atoms with E-state index in [1.165, 1.54) is 0 Å². The predicted molar refractivity (Wildman–Crippen MR) is 71.8 cm³/mol. The molecule has 0 fully saturated rings. The van der Waals surface area contributed by atoms with Crippen LogP contribution in [-0.4, -0.2) is 32.6 Å². The number of nitrogens with two attached hydrogens (primary N) is 1. The van der Waals surface area contributed by atoms with Crippen molar-refractivity contribution in [1.82, 2.24) is 0 Å². The minimum Gasteiger partial charge on any atom is -0.384 e. The van der Waals surface area contributed by atoms with E-state index in [4.69, 9.17) is 15.9 Å². The monoisotopic (exact) mass is 235 g/mol. The molecule has 1 aromatic rings. The molecule has 0 atom stereocenters. The molecule has 0 radical (unpaired) electrons. The third-order valence-corrected chi connectivity index (χ3v) is 2.58. The van der Waals surface area contributed by atoms with Crippen molar-refractivity contribution < 1.29 is 4.74 Å². The number of nitrogens with zero attached hydrogens (tertiary/aromatic N) is 1. The fourth-order valence-corrected chi connectivity index (χ4v) is 1.59. The second-order valence-electron chi connectivity index (χ2n) is 3.94.